The number of nitrogens with zero attached hydrogens (tertiary/aromatic N) is 1. The number of piperidine rings is 1. The lowest BCUT2D eigenvalue weighted by Crippen LogP contribution is -2.41. The van der Waals surface area contributed by atoms with E-state index in [1.165, 1.54) is 38.8 Å². The van der Waals surface area contributed by atoms with Gasteiger partial charge in [-0.2, -0.15) is 0 Å². The van der Waals surface area contributed by atoms with Crippen LogP contribution in [0, 0.1) is 5.41 Å². The van der Waals surface area contributed by atoms with Crippen LogP contribution < -0.4 is 5.73 Å². The fourth-order valence-electron chi connectivity index (χ4n) is 2.66. The van der Waals surface area contributed by atoms with E-state index in [9.17, 15) is 0 Å². The second-order valence-corrected chi connectivity index (χ2v) is 5.47. The van der Waals surface area contributed by atoms with Gasteiger partial charge in [0.2, 0.25) is 0 Å². The van der Waals surface area contributed by atoms with Gasteiger partial charge in [-0.15, -0.1) is 0 Å². The SMILES string of the molecule is CCC1(CC)CCN(CCOC(C)CN)CC1. The Bertz CT molecular complexity index is 194. The highest BCUT2D eigenvalue weighted by molar-refractivity contribution is 4.83. The van der Waals surface area contributed by atoms with Crippen molar-refractivity contribution in [3.8, 4) is 0 Å². The van der Waals surface area contributed by atoms with Crippen LogP contribution in [0.15, 0.2) is 0 Å². The van der Waals surface area contributed by atoms with E-state index >= 15 is 0 Å². The molecule has 0 spiro atoms. The number of rotatable bonds is 7. The minimum absolute atomic E-state index is 0.199. The Hall–Kier alpha value is -0.120. The van der Waals surface area contributed by atoms with Crippen molar-refractivity contribution in [3.63, 3.8) is 0 Å². The summed E-state index contributed by atoms with van der Waals surface area (Å²) in [6, 6.07) is 0. The molecule has 1 aliphatic rings. The molecule has 3 heteroatoms. The molecule has 0 saturated carbocycles. The summed E-state index contributed by atoms with van der Waals surface area (Å²) in [6.45, 7) is 11.7. The quantitative estimate of drug-likeness (QED) is 0.744. The van der Waals surface area contributed by atoms with Crippen LogP contribution in [0.4, 0.5) is 0 Å². The topological polar surface area (TPSA) is 38.5 Å². The largest absolute Gasteiger partial charge is 0.376 e. The molecule has 0 amide bonds. The third kappa shape index (κ3) is 4.57. The molecule has 1 heterocycles. The van der Waals surface area contributed by atoms with Gasteiger partial charge in [0.1, 0.15) is 0 Å². The van der Waals surface area contributed by atoms with Crippen LogP contribution in [0.2, 0.25) is 0 Å². The van der Waals surface area contributed by atoms with E-state index in [0.717, 1.165) is 13.2 Å². The van der Waals surface area contributed by atoms with Crippen LogP contribution in [0.1, 0.15) is 46.5 Å². The van der Waals surface area contributed by atoms with Gasteiger partial charge >= 0.3 is 0 Å². The lowest BCUT2D eigenvalue weighted by Gasteiger charge is -2.41. The average molecular weight is 242 g/mol. The lowest BCUT2D eigenvalue weighted by molar-refractivity contribution is 0.0319. The van der Waals surface area contributed by atoms with Crippen LogP contribution >= 0.6 is 0 Å². The normalized spacial score (nSPS) is 22.6. The van der Waals surface area contributed by atoms with Crippen molar-refractivity contribution in [2.24, 2.45) is 11.1 Å². The second-order valence-electron chi connectivity index (χ2n) is 5.47. The number of ether oxygens (including phenoxy) is 1. The second kappa shape index (κ2) is 7.34. The average Bonchev–Trinajstić information content (AvgIpc) is 2.39. The molecule has 0 bridgehead atoms. The highest BCUT2D eigenvalue weighted by atomic mass is 16.5. The van der Waals surface area contributed by atoms with Crippen LogP contribution in [0.3, 0.4) is 0 Å². The molecular weight excluding hydrogens is 212 g/mol. The van der Waals surface area contributed by atoms with E-state index in [1.54, 1.807) is 0 Å². The zero-order valence-corrected chi connectivity index (χ0v) is 11.9. The minimum atomic E-state index is 0.199. The Kier molecular flexibility index (Phi) is 6.45. The Balaban J connectivity index is 2.19. The standard InChI is InChI=1S/C14H30N2O/c1-4-14(5-2)6-8-16(9-7-14)10-11-17-13(3)12-15/h13H,4-12,15H2,1-3H3. The van der Waals surface area contributed by atoms with Crippen molar-refractivity contribution in [1.29, 1.82) is 0 Å². The fraction of sp³-hybridized carbons (Fsp3) is 1.00. The summed E-state index contributed by atoms with van der Waals surface area (Å²) in [4.78, 5) is 2.53. The van der Waals surface area contributed by atoms with Gasteiger partial charge in [-0.05, 0) is 38.3 Å². The van der Waals surface area contributed by atoms with Crippen molar-refractivity contribution >= 4 is 0 Å². The first-order valence-electron chi connectivity index (χ1n) is 7.20. The number of hydrogen-bond acceptors (Lipinski definition) is 3. The summed E-state index contributed by atoms with van der Waals surface area (Å²) in [6.07, 6.45) is 5.57. The maximum atomic E-state index is 5.63. The molecule has 17 heavy (non-hydrogen) atoms. The van der Waals surface area contributed by atoms with Crippen molar-refractivity contribution in [1.82, 2.24) is 4.90 Å². The summed E-state index contributed by atoms with van der Waals surface area (Å²) in [7, 11) is 0. The first kappa shape index (κ1) is 14.9. The molecule has 2 N–H and O–H groups in total. The molecule has 0 aromatic carbocycles. The highest BCUT2D eigenvalue weighted by Crippen LogP contribution is 2.37. The molecule has 1 atom stereocenters. The highest BCUT2D eigenvalue weighted by Gasteiger charge is 2.30. The van der Waals surface area contributed by atoms with Gasteiger partial charge in [-0.1, -0.05) is 26.7 Å². The maximum Gasteiger partial charge on any atom is 0.0669 e. The molecule has 0 aliphatic carbocycles. The van der Waals surface area contributed by atoms with E-state index in [0.29, 0.717) is 12.0 Å². The molecule has 0 radical (unpaired) electrons. The Morgan fingerprint density at radius 3 is 2.29 bits per heavy atom. The zero-order chi connectivity index (χ0) is 12.7. The van der Waals surface area contributed by atoms with Gasteiger partial charge in [-0.25, -0.2) is 0 Å². The summed E-state index contributed by atoms with van der Waals surface area (Å²) in [5.74, 6) is 0. The predicted molar refractivity (Wildman–Crippen MR) is 73.2 cm³/mol. The third-order valence-electron chi connectivity index (χ3n) is 4.56. The maximum absolute atomic E-state index is 5.63. The van der Waals surface area contributed by atoms with Gasteiger partial charge in [0, 0.05) is 13.1 Å². The summed E-state index contributed by atoms with van der Waals surface area (Å²) in [5, 5.41) is 0. The van der Waals surface area contributed by atoms with Crippen LogP contribution in [-0.2, 0) is 4.74 Å². The molecule has 0 aromatic rings. The van der Waals surface area contributed by atoms with Gasteiger partial charge in [-0.3, -0.25) is 0 Å². The zero-order valence-electron chi connectivity index (χ0n) is 11.9. The van der Waals surface area contributed by atoms with E-state index in [4.69, 9.17) is 10.5 Å². The number of likely N-dealkylation sites (tertiary alicyclic amines) is 1. The van der Waals surface area contributed by atoms with E-state index < -0.39 is 0 Å². The van der Waals surface area contributed by atoms with Gasteiger partial charge in [0.15, 0.2) is 0 Å². The van der Waals surface area contributed by atoms with Crippen LogP contribution in [-0.4, -0.2) is 43.8 Å². The smallest absolute Gasteiger partial charge is 0.0669 e. The molecule has 1 rings (SSSR count). The molecule has 3 nitrogen and oxygen atoms in total. The summed E-state index contributed by atoms with van der Waals surface area (Å²) in [5.41, 5.74) is 6.15. The first-order valence-corrected chi connectivity index (χ1v) is 7.20. The number of nitrogens with two attached hydrogens (primary N) is 1. The third-order valence-corrected chi connectivity index (χ3v) is 4.56. The van der Waals surface area contributed by atoms with Gasteiger partial charge < -0.3 is 15.4 Å². The van der Waals surface area contributed by atoms with Gasteiger partial charge in [0.05, 0.1) is 12.7 Å². The Labute approximate surface area is 107 Å². The van der Waals surface area contributed by atoms with Crippen molar-refractivity contribution in [2.45, 2.75) is 52.6 Å². The molecule has 1 unspecified atom stereocenters. The van der Waals surface area contributed by atoms with E-state index in [2.05, 4.69) is 18.7 Å². The van der Waals surface area contributed by atoms with Gasteiger partial charge in [0.25, 0.3) is 0 Å². The molecule has 1 saturated heterocycles. The summed E-state index contributed by atoms with van der Waals surface area (Å²) < 4.78 is 5.63. The fourth-order valence-corrected chi connectivity index (χ4v) is 2.66. The molecule has 102 valence electrons. The Morgan fingerprint density at radius 2 is 1.82 bits per heavy atom. The number of hydrogen-bond donors (Lipinski definition) is 1. The molecule has 1 fully saturated rings. The van der Waals surface area contributed by atoms with Crippen LogP contribution in [0.25, 0.3) is 0 Å². The summed E-state index contributed by atoms with van der Waals surface area (Å²) >= 11 is 0. The molecule has 0 aromatic heterocycles. The van der Waals surface area contributed by atoms with E-state index in [-0.39, 0.29) is 6.10 Å². The predicted octanol–water partition coefficient (Wildman–Crippen LogP) is 2.25. The van der Waals surface area contributed by atoms with E-state index in [1.807, 2.05) is 6.92 Å². The molecule has 1 aliphatic heterocycles. The van der Waals surface area contributed by atoms with Crippen molar-refractivity contribution < 1.29 is 4.74 Å². The minimum Gasteiger partial charge on any atom is -0.376 e. The molecular formula is C14H30N2O. The van der Waals surface area contributed by atoms with Crippen molar-refractivity contribution in [2.75, 3.05) is 32.8 Å². The van der Waals surface area contributed by atoms with Crippen molar-refractivity contribution in [3.05, 3.63) is 0 Å². The monoisotopic (exact) mass is 242 g/mol. The lowest BCUT2D eigenvalue weighted by atomic mass is 9.74. The van der Waals surface area contributed by atoms with Crippen LogP contribution in [0.5, 0.6) is 0 Å². The first-order chi connectivity index (χ1) is 8.15. The Morgan fingerprint density at radius 1 is 1.24 bits per heavy atom.